The van der Waals surface area contributed by atoms with Gasteiger partial charge in [-0.05, 0) is 0 Å². The fourth-order valence-corrected chi connectivity index (χ4v) is 1.17. The average molecular weight is 212 g/mol. The van der Waals surface area contributed by atoms with Crippen molar-refractivity contribution in [3.8, 4) is 0 Å². The molecular formula is C10H10F2N2O. The van der Waals surface area contributed by atoms with Gasteiger partial charge in [0.15, 0.2) is 6.29 Å². The van der Waals surface area contributed by atoms with Gasteiger partial charge >= 0.3 is 0 Å². The molecule has 15 heavy (non-hydrogen) atoms. The summed E-state index contributed by atoms with van der Waals surface area (Å²) in [6, 6.07) is 0. The molecule has 5 heteroatoms. The SMILES string of the molecule is C=CCn1nc(CC=CF)c(C=O)c1F. The summed E-state index contributed by atoms with van der Waals surface area (Å²) in [4.78, 5) is 10.6. The highest BCUT2D eigenvalue weighted by Crippen LogP contribution is 2.12. The molecule has 0 N–H and O–H groups in total. The van der Waals surface area contributed by atoms with Crippen LogP contribution in [0.5, 0.6) is 0 Å². The topological polar surface area (TPSA) is 34.9 Å². The lowest BCUT2D eigenvalue weighted by Crippen LogP contribution is -2.01. The van der Waals surface area contributed by atoms with Crippen LogP contribution in [0, 0.1) is 5.95 Å². The number of nitrogens with zero attached hydrogens (tertiary/aromatic N) is 2. The highest BCUT2D eigenvalue weighted by atomic mass is 19.1. The van der Waals surface area contributed by atoms with Gasteiger partial charge in [-0.3, -0.25) is 4.79 Å². The lowest BCUT2D eigenvalue weighted by Gasteiger charge is -1.94. The van der Waals surface area contributed by atoms with E-state index in [0.29, 0.717) is 12.6 Å². The van der Waals surface area contributed by atoms with Crippen LogP contribution in [0.1, 0.15) is 16.1 Å². The Labute approximate surface area is 85.7 Å². The van der Waals surface area contributed by atoms with Crippen LogP contribution >= 0.6 is 0 Å². The van der Waals surface area contributed by atoms with Crippen LogP contribution in [-0.2, 0) is 13.0 Å². The first-order valence-electron chi connectivity index (χ1n) is 4.31. The molecule has 0 radical (unpaired) electrons. The molecule has 1 aromatic rings. The lowest BCUT2D eigenvalue weighted by atomic mass is 10.2. The number of halogens is 2. The molecule has 0 unspecified atom stereocenters. The minimum atomic E-state index is -0.716. The van der Waals surface area contributed by atoms with E-state index in [0.717, 1.165) is 10.8 Å². The van der Waals surface area contributed by atoms with Gasteiger partial charge in [-0.15, -0.1) is 6.58 Å². The number of aldehydes is 1. The minimum Gasteiger partial charge on any atom is -0.298 e. The summed E-state index contributed by atoms with van der Waals surface area (Å²) in [5.74, 6) is -0.716. The highest BCUT2D eigenvalue weighted by molar-refractivity contribution is 5.76. The summed E-state index contributed by atoms with van der Waals surface area (Å²) in [7, 11) is 0. The molecule has 1 rings (SSSR count). The second-order valence-electron chi connectivity index (χ2n) is 2.81. The largest absolute Gasteiger partial charge is 0.298 e. The molecule has 0 amide bonds. The van der Waals surface area contributed by atoms with Gasteiger partial charge in [0.1, 0.15) is 0 Å². The number of allylic oxidation sites excluding steroid dienone is 2. The molecule has 0 bridgehead atoms. The molecular weight excluding hydrogens is 202 g/mol. The Morgan fingerprint density at radius 2 is 2.27 bits per heavy atom. The average Bonchev–Trinajstić information content (AvgIpc) is 2.53. The first-order chi connectivity index (χ1) is 7.24. The van der Waals surface area contributed by atoms with Gasteiger partial charge in [0.2, 0.25) is 5.95 Å². The van der Waals surface area contributed by atoms with E-state index < -0.39 is 5.95 Å². The maximum absolute atomic E-state index is 13.4. The van der Waals surface area contributed by atoms with Crippen molar-refractivity contribution in [2.45, 2.75) is 13.0 Å². The molecule has 0 aliphatic rings. The molecule has 0 spiro atoms. The van der Waals surface area contributed by atoms with Crippen molar-refractivity contribution in [3.63, 3.8) is 0 Å². The van der Waals surface area contributed by atoms with Crippen LogP contribution in [0.15, 0.2) is 25.1 Å². The number of aromatic nitrogens is 2. The Balaban J connectivity index is 3.08. The predicted octanol–water partition coefficient (Wildman–Crippen LogP) is 2.05. The van der Waals surface area contributed by atoms with E-state index in [4.69, 9.17) is 0 Å². The fourth-order valence-electron chi connectivity index (χ4n) is 1.17. The molecule has 1 heterocycles. The molecule has 80 valence electrons. The van der Waals surface area contributed by atoms with E-state index in [9.17, 15) is 13.6 Å². The summed E-state index contributed by atoms with van der Waals surface area (Å²) >= 11 is 0. The van der Waals surface area contributed by atoms with Crippen molar-refractivity contribution in [1.29, 1.82) is 0 Å². The molecule has 1 aromatic heterocycles. The van der Waals surface area contributed by atoms with E-state index in [-0.39, 0.29) is 24.2 Å². The maximum Gasteiger partial charge on any atom is 0.222 e. The van der Waals surface area contributed by atoms with Gasteiger partial charge < -0.3 is 0 Å². The smallest absolute Gasteiger partial charge is 0.222 e. The number of carbonyl (C=O) groups is 1. The van der Waals surface area contributed by atoms with E-state index in [1.807, 2.05) is 0 Å². The van der Waals surface area contributed by atoms with Crippen LogP contribution in [0.25, 0.3) is 0 Å². The molecule has 0 aromatic carbocycles. The minimum absolute atomic E-state index is 0.0889. The second-order valence-corrected chi connectivity index (χ2v) is 2.81. The molecule has 0 aliphatic heterocycles. The molecule has 0 aliphatic carbocycles. The van der Waals surface area contributed by atoms with Crippen molar-refractivity contribution >= 4 is 6.29 Å². The molecule has 0 saturated carbocycles. The van der Waals surface area contributed by atoms with Gasteiger partial charge in [0, 0.05) is 6.42 Å². The van der Waals surface area contributed by atoms with E-state index in [1.165, 1.54) is 6.08 Å². The predicted molar refractivity (Wildman–Crippen MR) is 51.7 cm³/mol. The summed E-state index contributed by atoms with van der Waals surface area (Å²) in [6.07, 6.45) is 3.42. The normalized spacial score (nSPS) is 10.8. The van der Waals surface area contributed by atoms with Crippen LogP contribution < -0.4 is 0 Å². The standard InChI is InChI=1S/C10H10F2N2O/c1-2-6-14-10(12)8(7-15)9(13-14)4-3-5-11/h2-3,5,7H,1,4,6H2. The number of hydrogen-bond donors (Lipinski definition) is 0. The molecule has 0 saturated heterocycles. The van der Waals surface area contributed by atoms with Crippen LogP contribution in [0.3, 0.4) is 0 Å². The first-order valence-corrected chi connectivity index (χ1v) is 4.31. The Kier molecular flexibility index (Phi) is 3.91. The zero-order valence-corrected chi connectivity index (χ0v) is 7.99. The summed E-state index contributed by atoms with van der Waals surface area (Å²) < 4.78 is 26.2. The van der Waals surface area contributed by atoms with E-state index in [1.54, 1.807) is 0 Å². The van der Waals surface area contributed by atoms with Gasteiger partial charge in [-0.2, -0.15) is 9.49 Å². The second kappa shape index (κ2) is 5.19. The first kappa shape index (κ1) is 11.3. The number of hydrogen-bond acceptors (Lipinski definition) is 2. The van der Waals surface area contributed by atoms with Crippen molar-refractivity contribution < 1.29 is 13.6 Å². The third-order valence-corrected chi connectivity index (χ3v) is 1.82. The third-order valence-electron chi connectivity index (χ3n) is 1.82. The van der Waals surface area contributed by atoms with Crippen LogP contribution in [0.2, 0.25) is 0 Å². The monoisotopic (exact) mass is 212 g/mol. The molecule has 0 fully saturated rings. The fraction of sp³-hybridized carbons (Fsp3) is 0.200. The van der Waals surface area contributed by atoms with Gasteiger partial charge in [-0.25, -0.2) is 9.07 Å². The van der Waals surface area contributed by atoms with E-state index >= 15 is 0 Å². The molecule has 0 atom stereocenters. The summed E-state index contributed by atoms with van der Waals surface area (Å²) in [5, 5.41) is 3.83. The Bertz CT molecular complexity index is 396. The highest BCUT2D eigenvalue weighted by Gasteiger charge is 2.15. The number of rotatable bonds is 5. The number of carbonyl (C=O) groups excluding carboxylic acids is 1. The third kappa shape index (κ3) is 2.37. The Hall–Kier alpha value is -1.78. The maximum atomic E-state index is 13.4. The van der Waals surface area contributed by atoms with Crippen molar-refractivity contribution in [1.82, 2.24) is 9.78 Å². The van der Waals surface area contributed by atoms with Crippen molar-refractivity contribution in [2.24, 2.45) is 0 Å². The molecule has 3 nitrogen and oxygen atoms in total. The van der Waals surface area contributed by atoms with Crippen LogP contribution in [-0.4, -0.2) is 16.1 Å². The zero-order valence-electron chi connectivity index (χ0n) is 7.99. The van der Waals surface area contributed by atoms with Gasteiger partial charge in [0.05, 0.1) is 24.1 Å². The summed E-state index contributed by atoms with van der Waals surface area (Å²) in [5.41, 5.74) is 0.0909. The zero-order chi connectivity index (χ0) is 11.3. The van der Waals surface area contributed by atoms with E-state index in [2.05, 4.69) is 11.7 Å². The van der Waals surface area contributed by atoms with Crippen molar-refractivity contribution in [3.05, 3.63) is 42.3 Å². The quantitative estimate of drug-likeness (QED) is 0.553. The summed E-state index contributed by atoms with van der Waals surface area (Å²) in [6.45, 7) is 3.61. The van der Waals surface area contributed by atoms with Crippen molar-refractivity contribution in [2.75, 3.05) is 0 Å². The van der Waals surface area contributed by atoms with Gasteiger partial charge in [-0.1, -0.05) is 12.2 Å². The van der Waals surface area contributed by atoms with Crippen LogP contribution in [0.4, 0.5) is 8.78 Å². The lowest BCUT2D eigenvalue weighted by molar-refractivity contribution is 0.111. The van der Waals surface area contributed by atoms with Gasteiger partial charge in [0.25, 0.3) is 0 Å². The Morgan fingerprint density at radius 1 is 1.53 bits per heavy atom. The Morgan fingerprint density at radius 3 is 2.80 bits per heavy atom.